The first-order chi connectivity index (χ1) is 15.1. The molecule has 0 amide bonds. The van der Waals surface area contributed by atoms with E-state index in [2.05, 4.69) is 27.7 Å². The first-order valence-corrected chi connectivity index (χ1v) is 12.7. The van der Waals surface area contributed by atoms with Crippen molar-refractivity contribution >= 4 is 17.3 Å². The quantitative estimate of drug-likeness (QED) is 0.562. The Morgan fingerprint density at radius 1 is 1.03 bits per heavy atom. The van der Waals surface area contributed by atoms with Crippen molar-refractivity contribution < 1.29 is 23.9 Å². The summed E-state index contributed by atoms with van der Waals surface area (Å²) in [5.41, 5.74) is -0.111. The Labute approximate surface area is 190 Å². The van der Waals surface area contributed by atoms with Gasteiger partial charge in [-0.1, -0.05) is 27.7 Å². The first kappa shape index (κ1) is 21.2. The minimum absolute atomic E-state index is 0.0314. The maximum absolute atomic E-state index is 14.0. The number of ether oxygens (including phenoxy) is 2. The van der Waals surface area contributed by atoms with E-state index < -0.39 is 11.2 Å². The largest absolute Gasteiger partial charge is 0.349 e. The molecule has 6 rings (SSSR count). The smallest absolute Gasteiger partial charge is 0.171 e. The van der Waals surface area contributed by atoms with Crippen molar-refractivity contribution in [3.63, 3.8) is 0 Å². The van der Waals surface area contributed by atoms with Crippen LogP contribution >= 0.6 is 0 Å². The summed E-state index contributed by atoms with van der Waals surface area (Å²) in [5.74, 6) is 1.40. The zero-order valence-corrected chi connectivity index (χ0v) is 19.8. The summed E-state index contributed by atoms with van der Waals surface area (Å²) in [5, 5.41) is 0. The average Bonchev–Trinajstić information content (AvgIpc) is 3.19. The third kappa shape index (κ3) is 2.50. The Balaban J connectivity index is 1.35. The van der Waals surface area contributed by atoms with Crippen molar-refractivity contribution in [2.45, 2.75) is 84.5 Å². The van der Waals surface area contributed by atoms with E-state index in [1.165, 1.54) is 0 Å². The summed E-state index contributed by atoms with van der Waals surface area (Å²) >= 11 is 0. The number of ketones is 3. The average molecular weight is 441 g/mol. The van der Waals surface area contributed by atoms with Crippen LogP contribution in [0, 0.1) is 46.3 Å². The lowest BCUT2D eigenvalue weighted by Crippen LogP contribution is -2.57. The van der Waals surface area contributed by atoms with E-state index in [-0.39, 0.29) is 52.7 Å². The van der Waals surface area contributed by atoms with Crippen LogP contribution in [-0.4, -0.2) is 35.8 Å². The molecule has 5 nitrogen and oxygen atoms in total. The van der Waals surface area contributed by atoms with Crippen LogP contribution < -0.4 is 0 Å². The molecule has 32 heavy (non-hydrogen) atoms. The monoisotopic (exact) mass is 440 g/mol. The van der Waals surface area contributed by atoms with Crippen LogP contribution in [0.5, 0.6) is 0 Å². The summed E-state index contributed by atoms with van der Waals surface area (Å²) in [6.07, 6.45) is 6.65. The second-order valence-electron chi connectivity index (χ2n) is 12.3. The van der Waals surface area contributed by atoms with Gasteiger partial charge in [-0.05, 0) is 49.0 Å². The van der Waals surface area contributed by atoms with Crippen LogP contribution in [0.2, 0.25) is 0 Å². The molecule has 174 valence electrons. The van der Waals surface area contributed by atoms with E-state index >= 15 is 0 Å². The Kier molecular flexibility index (Phi) is 4.39. The second-order valence-corrected chi connectivity index (χ2v) is 12.3. The Bertz CT molecular complexity index is 926. The highest BCUT2D eigenvalue weighted by Crippen LogP contribution is 2.69. The predicted molar refractivity (Wildman–Crippen MR) is 117 cm³/mol. The molecule has 0 radical (unpaired) electrons. The molecule has 6 aliphatic rings. The van der Waals surface area contributed by atoms with Crippen molar-refractivity contribution in [1.29, 1.82) is 0 Å². The molecule has 0 N–H and O–H groups in total. The third-order valence-corrected chi connectivity index (χ3v) is 10.9. The number of carbonyl (C=O) groups excluding carboxylic acids is 3. The van der Waals surface area contributed by atoms with Gasteiger partial charge < -0.3 is 9.47 Å². The fraction of sp³-hybridized carbons (Fsp3) is 0.815. The highest BCUT2D eigenvalue weighted by atomic mass is 16.7. The summed E-state index contributed by atoms with van der Waals surface area (Å²) < 4.78 is 13.1. The molecular formula is C27H36O5. The molecule has 3 saturated carbocycles. The van der Waals surface area contributed by atoms with Gasteiger partial charge in [0.15, 0.2) is 17.4 Å². The number of allylic oxidation sites excluding steroid dienone is 1. The Morgan fingerprint density at radius 2 is 1.81 bits per heavy atom. The van der Waals surface area contributed by atoms with Crippen LogP contribution in [-0.2, 0) is 23.9 Å². The standard InChI is InChI=1S/C27H36O5/c1-14-5-8-27(31-13-14)15(2)24-22(32-27)11-19-17-10-21(29)20-9-16(28)6-7-25(20,3)18(17)12-23(30)26(19,24)4/h9,14-15,17-19,22,24H,5-8,10-13H2,1-4H3/t14-,15+,17-,18+,19+,22+,24+,25-,26-,27-/m1/s1. The molecule has 0 bridgehead atoms. The highest BCUT2D eigenvalue weighted by Gasteiger charge is 2.72. The molecule has 0 unspecified atom stereocenters. The van der Waals surface area contributed by atoms with E-state index in [4.69, 9.17) is 9.47 Å². The van der Waals surface area contributed by atoms with Crippen LogP contribution in [0.1, 0.15) is 72.6 Å². The zero-order chi connectivity index (χ0) is 22.6. The molecule has 2 heterocycles. The first-order valence-electron chi connectivity index (χ1n) is 12.7. The van der Waals surface area contributed by atoms with E-state index in [0.29, 0.717) is 43.0 Å². The molecule has 0 aromatic carbocycles. The van der Waals surface area contributed by atoms with E-state index in [1.54, 1.807) is 6.08 Å². The third-order valence-electron chi connectivity index (χ3n) is 10.9. The zero-order valence-electron chi connectivity index (χ0n) is 19.8. The SMILES string of the molecule is C[C@@H]1CC[C@@]2(OC1)O[C@H]1C[C@H]3[C@@H]4CC(=O)C5=CC(=O)CC[C@]5(C)[C@H]4CC(=O)[C@]3(C)[C@H]1[C@@H]2C. The van der Waals surface area contributed by atoms with Crippen LogP contribution in [0.25, 0.3) is 0 Å². The van der Waals surface area contributed by atoms with Gasteiger partial charge in [0.1, 0.15) is 5.78 Å². The lowest BCUT2D eigenvalue weighted by molar-refractivity contribution is -0.272. The van der Waals surface area contributed by atoms with E-state index in [0.717, 1.165) is 25.9 Å². The van der Waals surface area contributed by atoms with Gasteiger partial charge in [-0.3, -0.25) is 14.4 Å². The van der Waals surface area contributed by atoms with Gasteiger partial charge in [0.25, 0.3) is 0 Å². The molecule has 2 saturated heterocycles. The topological polar surface area (TPSA) is 69.7 Å². The summed E-state index contributed by atoms with van der Waals surface area (Å²) in [6.45, 7) is 9.49. The predicted octanol–water partition coefficient (Wildman–Crippen LogP) is 4.28. The number of carbonyl (C=O) groups is 3. The molecule has 5 fully saturated rings. The number of hydrogen-bond acceptors (Lipinski definition) is 5. The van der Waals surface area contributed by atoms with Crippen molar-refractivity contribution in [2.75, 3.05) is 6.61 Å². The van der Waals surface area contributed by atoms with Crippen molar-refractivity contribution in [3.8, 4) is 0 Å². The number of Topliss-reactive ketones (excluding diaryl/α,β-unsaturated/α-hetero) is 2. The maximum atomic E-state index is 14.0. The highest BCUT2D eigenvalue weighted by molar-refractivity contribution is 6.06. The fourth-order valence-corrected chi connectivity index (χ4v) is 9.08. The molecule has 10 atom stereocenters. The van der Waals surface area contributed by atoms with Crippen molar-refractivity contribution in [1.82, 2.24) is 0 Å². The summed E-state index contributed by atoms with van der Waals surface area (Å²) in [7, 11) is 0. The minimum Gasteiger partial charge on any atom is -0.349 e. The van der Waals surface area contributed by atoms with Crippen molar-refractivity contribution in [3.05, 3.63) is 11.6 Å². The number of hydrogen-bond donors (Lipinski definition) is 0. The molecule has 0 aromatic rings. The Hall–Kier alpha value is -1.33. The fourth-order valence-electron chi connectivity index (χ4n) is 9.08. The molecule has 4 aliphatic carbocycles. The van der Waals surface area contributed by atoms with Gasteiger partial charge in [0, 0.05) is 53.9 Å². The van der Waals surface area contributed by atoms with Gasteiger partial charge in [0.2, 0.25) is 0 Å². The van der Waals surface area contributed by atoms with Crippen LogP contribution in [0.4, 0.5) is 0 Å². The van der Waals surface area contributed by atoms with Crippen LogP contribution in [0.3, 0.4) is 0 Å². The minimum atomic E-state index is -0.541. The number of rotatable bonds is 0. The van der Waals surface area contributed by atoms with E-state index in [1.807, 2.05) is 0 Å². The van der Waals surface area contributed by atoms with E-state index in [9.17, 15) is 14.4 Å². The molecular weight excluding hydrogens is 404 g/mol. The lowest BCUT2D eigenvalue weighted by Gasteiger charge is -2.57. The normalized spacial score (nSPS) is 54.7. The maximum Gasteiger partial charge on any atom is 0.171 e. The lowest BCUT2D eigenvalue weighted by atomic mass is 9.45. The number of fused-ring (bicyclic) bond motifs is 7. The van der Waals surface area contributed by atoms with Gasteiger partial charge >= 0.3 is 0 Å². The van der Waals surface area contributed by atoms with Crippen LogP contribution in [0.15, 0.2) is 11.6 Å². The molecule has 2 aliphatic heterocycles. The molecule has 5 heteroatoms. The van der Waals surface area contributed by atoms with Gasteiger partial charge in [-0.2, -0.15) is 0 Å². The van der Waals surface area contributed by atoms with Gasteiger partial charge in [-0.25, -0.2) is 0 Å². The molecule has 0 aromatic heterocycles. The molecule has 1 spiro atoms. The van der Waals surface area contributed by atoms with Gasteiger partial charge in [0.05, 0.1) is 12.7 Å². The van der Waals surface area contributed by atoms with Gasteiger partial charge in [-0.15, -0.1) is 0 Å². The summed E-state index contributed by atoms with van der Waals surface area (Å²) in [4.78, 5) is 39.3. The second kappa shape index (κ2) is 6.63. The summed E-state index contributed by atoms with van der Waals surface area (Å²) in [6, 6.07) is 0. The Morgan fingerprint density at radius 3 is 2.53 bits per heavy atom. The van der Waals surface area contributed by atoms with Crippen molar-refractivity contribution in [2.24, 2.45) is 46.3 Å².